The minimum Gasteiger partial charge on any atom is -0.497 e. The van der Waals surface area contributed by atoms with Crippen LogP contribution >= 0.6 is 0 Å². The summed E-state index contributed by atoms with van der Waals surface area (Å²) >= 11 is 0. The Kier molecular flexibility index (Phi) is 4.65. The smallest absolute Gasteiger partial charge is 0.152 e. The number of methoxy groups -OCH3 is 1. The van der Waals surface area contributed by atoms with E-state index in [1.807, 2.05) is 35.8 Å². The van der Waals surface area contributed by atoms with Gasteiger partial charge in [0.25, 0.3) is 0 Å². The van der Waals surface area contributed by atoms with Crippen LogP contribution in [0.25, 0.3) is 5.52 Å². The first-order valence-corrected chi connectivity index (χ1v) is 9.11. The van der Waals surface area contributed by atoms with Crippen molar-refractivity contribution in [3.8, 4) is 11.5 Å². The molecule has 1 aromatic carbocycles. The van der Waals surface area contributed by atoms with Gasteiger partial charge in [-0.2, -0.15) is 5.10 Å². The molecule has 4 rings (SSSR count). The molecule has 0 amide bonds. The van der Waals surface area contributed by atoms with Crippen LogP contribution in [-0.4, -0.2) is 27.8 Å². The summed E-state index contributed by atoms with van der Waals surface area (Å²) in [6.45, 7) is 2.61. The molecule has 0 spiro atoms. The zero-order valence-corrected chi connectivity index (χ0v) is 15.2. The molecule has 1 N–H and O–H groups in total. The van der Waals surface area contributed by atoms with Crippen LogP contribution in [0, 0.1) is 6.92 Å². The number of anilines is 1. The summed E-state index contributed by atoms with van der Waals surface area (Å²) in [5, 5.41) is 7.86. The lowest BCUT2D eigenvalue weighted by atomic mass is 10.1. The molecule has 1 saturated carbocycles. The maximum Gasteiger partial charge on any atom is 0.152 e. The van der Waals surface area contributed by atoms with Crippen LogP contribution in [0.1, 0.15) is 36.9 Å². The molecule has 26 heavy (non-hydrogen) atoms. The van der Waals surface area contributed by atoms with Crippen molar-refractivity contribution in [2.24, 2.45) is 0 Å². The predicted octanol–water partition coefficient (Wildman–Crippen LogP) is 3.98. The van der Waals surface area contributed by atoms with Gasteiger partial charge in [-0.05, 0) is 50.8 Å². The molecule has 0 aliphatic heterocycles. The molecule has 1 aliphatic rings. The first kappa shape index (κ1) is 16.7. The third kappa shape index (κ3) is 3.45. The van der Waals surface area contributed by atoms with Crippen molar-refractivity contribution in [2.75, 3.05) is 12.4 Å². The Balaban J connectivity index is 1.56. The lowest BCUT2D eigenvalue weighted by molar-refractivity contribution is 0.207. The molecule has 6 nitrogen and oxygen atoms in total. The van der Waals surface area contributed by atoms with Crippen molar-refractivity contribution >= 4 is 11.3 Å². The Morgan fingerprint density at radius 1 is 1.23 bits per heavy atom. The summed E-state index contributed by atoms with van der Waals surface area (Å²) < 4.78 is 13.5. The fourth-order valence-corrected chi connectivity index (χ4v) is 3.46. The maximum absolute atomic E-state index is 6.27. The Morgan fingerprint density at radius 2 is 2.08 bits per heavy atom. The normalized spacial score (nSPS) is 14.7. The summed E-state index contributed by atoms with van der Waals surface area (Å²) in [5.74, 6) is 2.52. The molecule has 2 aromatic heterocycles. The first-order chi connectivity index (χ1) is 12.7. The van der Waals surface area contributed by atoms with Crippen molar-refractivity contribution in [3.05, 3.63) is 47.9 Å². The van der Waals surface area contributed by atoms with Gasteiger partial charge in [0.2, 0.25) is 0 Å². The predicted molar refractivity (Wildman–Crippen MR) is 101 cm³/mol. The van der Waals surface area contributed by atoms with Crippen molar-refractivity contribution in [3.63, 3.8) is 0 Å². The van der Waals surface area contributed by atoms with E-state index in [2.05, 4.69) is 21.5 Å². The quantitative estimate of drug-likeness (QED) is 0.727. The zero-order valence-electron chi connectivity index (χ0n) is 15.2. The van der Waals surface area contributed by atoms with E-state index in [1.54, 1.807) is 13.3 Å². The Hall–Kier alpha value is -2.76. The molecule has 2 heterocycles. The van der Waals surface area contributed by atoms with Crippen molar-refractivity contribution in [2.45, 2.75) is 45.3 Å². The molecule has 6 heteroatoms. The minimum absolute atomic E-state index is 0.305. The van der Waals surface area contributed by atoms with E-state index in [0.717, 1.165) is 46.9 Å². The largest absolute Gasteiger partial charge is 0.497 e. The van der Waals surface area contributed by atoms with Crippen molar-refractivity contribution in [1.29, 1.82) is 0 Å². The minimum atomic E-state index is 0.305. The van der Waals surface area contributed by atoms with Gasteiger partial charge in [-0.1, -0.05) is 0 Å². The number of nitrogens with one attached hydrogen (secondary N) is 1. The molecule has 0 atom stereocenters. The van der Waals surface area contributed by atoms with E-state index < -0.39 is 0 Å². The molecule has 0 bridgehead atoms. The number of hydrogen-bond acceptors (Lipinski definition) is 5. The Bertz CT molecular complexity index is 900. The Labute approximate surface area is 153 Å². The van der Waals surface area contributed by atoms with Gasteiger partial charge in [-0.3, -0.25) is 0 Å². The highest BCUT2D eigenvalue weighted by atomic mass is 16.5. The highest BCUT2D eigenvalue weighted by Gasteiger charge is 2.18. The maximum atomic E-state index is 6.27. The second-order valence-corrected chi connectivity index (χ2v) is 6.74. The number of nitrogens with zero attached hydrogens (tertiary/aromatic N) is 3. The molecule has 1 aliphatic carbocycles. The molecule has 3 aromatic rings. The number of benzene rings is 1. The van der Waals surface area contributed by atoms with Crippen LogP contribution in [-0.2, 0) is 6.54 Å². The van der Waals surface area contributed by atoms with E-state index in [1.165, 1.54) is 12.8 Å². The average Bonchev–Trinajstić information content (AvgIpc) is 3.29. The number of rotatable bonds is 6. The zero-order chi connectivity index (χ0) is 17.9. The van der Waals surface area contributed by atoms with Gasteiger partial charge in [0.15, 0.2) is 5.82 Å². The van der Waals surface area contributed by atoms with Gasteiger partial charge in [0.1, 0.15) is 17.0 Å². The number of fused-ring (bicyclic) bond motifs is 1. The second kappa shape index (κ2) is 7.23. The third-order valence-electron chi connectivity index (χ3n) is 4.83. The first-order valence-electron chi connectivity index (χ1n) is 9.11. The molecule has 0 unspecified atom stereocenters. The van der Waals surface area contributed by atoms with Gasteiger partial charge < -0.3 is 14.8 Å². The van der Waals surface area contributed by atoms with Crippen molar-refractivity contribution < 1.29 is 9.47 Å². The van der Waals surface area contributed by atoms with Gasteiger partial charge in [-0.25, -0.2) is 9.50 Å². The standard InChI is InChI=1S/C20H24N4O2/c1-14-11-18-20(21-9-10-24(18)23-14)22-13-15-7-8-17(25-2)12-19(15)26-16-5-3-4-6-16/h7-12,16H,3-6,13H2,1-2H3,(H,21,22). The molecule has 0 saturated heterocycles. The molecular weight excluding hydrogens is 328 g/mol. The van der Waals surface area contributed by atoms with Gasteiger partial charge in [0.05, 0.1) is 18.9 Å². The second-order valence-electron chi connectivity index (χ2n) is 6.74. The number of aryl methyl sites for hydroxylation is 1. The summed E-state index contributed by atoms with van der Waals surface area (Å²) in [6.07, 6.45) is 8.66. The monoisotopic (exact) mass is 352 g/mol. The molecule has 0 radical (unpaired) electrons. The van der Waals surface area contributed by atoms with E-state index in [4.69, 9.17) is 9.47 Å². The third-order valence-corrected chi connectivity index (χ3v) is 4.83. The fraction of sp³-hybridized carbons (Fsp3) is 0.400. The van der Waals surface area contributed by atoms with Crippen LogP contribution in [0.15, 0.2) is 36.7 Å². The number of ether oxygens (including phenoxy) is 2. The van der Waals surface area contributed by atoms with Crippen LogP contribution in [0.3, 0.4) is 0 Å². The van der Waals surface area contributed by atoms with Crippen LogP contribution < -0.4 is 14.8 Å². The van der Waals surface area contributed by atoms with Crippen LogP contribution in [0.5, 0.6) is 11.5 Å². The summed E-state index contributed by atoms with van der Waals surface area (Å²) in [4.78, 5) is 4.46. The van der Waals surface area contributed by atoms with E-state index in [9.17, 15) is 0 Å². The van der Waals surface area contributed by atoms with E-state index in [-0.39, 0.29) is 0 Å². The van der Waals surface area contributed by atoms with Crippen molar-refractivity contribution in [1.82, 2.24) is 14.6 Å². The average molecular weight is 352 g/mol. The van der Waals surface area contributed by atoms with Crippen LogP contribution in [0.4, 0.5) is 5.82 Å². The molecular formula is C20H24N4O2. The SMILES string of the molecule is COc1ccc(CNc2nccn3nc(C)cc23)c(OC2CCCC2)c1. The summed E-state index contributed by atoms with van der Waals surface area (Å²) in [7, 11) is 1.68. The highest BCUT2D eigenvalue weighted by Crippen LogP contribution is 2.30. The molecule has 136 valence electrons. The lowest BCUT2D eigenvalue weighted by Crippen LogP contribution is -2.13. The van der Waals surface area contributed by atoms with Gasteiger partial charge >= 0.3 is 0 Å². The highest BCUT2D eigenvalue weighted by molar-refractivity contribution is 5.67. The number of hydrogen-bond donors (Lipinski definition) is 1. The van der Waals surface area contributed by atoms with E-state index >= 15 is 0 Å². The van der Waals surface area contributed by atoms with Gasteiger partial charge in [0, 0.05) is 30.6 Å². The number of aromatic nitrogens is 3. The van der Waals surface area contributed by atoms with E-state index in [0.29, 0.717) is 12.6 Å². The van der Waals surface area contributed by atoms with Gasteiger partial charge in [-0.15, -0.1) is 0 Å². The summed E-state index contributed by atoms with van der Waals surface area (Å²) in [6, 6.07) is 8.03. The molecule has 1 fully saturated rings. The Morgan fingerprint density at radius 3 is 2.88 bits per heavy atom. The lowest BCUT2D eigenvalue weighted by Gasteiger charge is -2.18. The summed E-state index contributed by atoms with van der Waals surface area (Å²) in [5.41, 5.74) is 3.03. The fourth-order valence-electron chi connectivity index (χ4n) is 3.46. The topological polar surface area (TPSA) is 60.7 Å². The van der Waals surface area contributed by atoms with Crippen LogP contribution in [0.2, 0.25) is 0 Å².